The molecular weight excluding hydrogens is 372 g/mol. The lowest BCUT2D eigenvalue weighted by atomic mass is 10.0. The Morgan fingerprint density at radius 3 is 2.74 bits per heavy atom. The SMILES string of the molecule is CC(=O)OCC1=C(C(=O)OC(C)(C)C)N2C(=O)C(NC3=NCCN3)[C@@H]2SC1. The molecule has 3 aliphatic heterocycles. The number of esters is 2. The normalized spacial score (nSPS) is 24.5. The van der Waals surface area contributed by atoms with Gasteiger partial charge in [-0.15, -0.1) is 11.8 Å². The molecule has 0 aromatic rings. The third kappa shape index (κ3) is 4.20. The van der Waals surface area contributed by atoms with Gasteiger partial charge in [0.15, 0.2) is 5.96 Å². The number of nitrogens with zero attached hydrogens (tertiary/aromatic N) is 2. The van der Waals surface area contributed by atoms with Crippen LogP contribution in [-0.2, 0) is 23.9 Å². The predicted molar refractivity (Wildman–Crippen MR) is 99.8 cm³/mol. The molecule has 27 heavy (non-hydrogen) atoms. The van der Waals surface area contributed by atoms with Gasteiger partial charge in [-0.3, -0.25) is 19.5 Å². The van der Waals surface area contributed by atoms with Crippen molar-refractivity contribution in [3.05, 3.63) is 11.3 Å². The quantitative estimate of drug-likeness (QED) is 0.504. The van der Waals surface area contributed by atoms with Crippen LogP contribution in [0.5, 0.6) is 0 Å². The molecule has 0 aromatic carbocycles. The molecule has 2 atom stereocenters. The van der Waals surface area contributed by atoms with Crippen molar-refractivity contribution in [3.63, 3.8) is 0 Å². The van der Waals surface area contributed by atoms with Crippen molar-refractivity contribution in [3.8, 4) is 0 Å². The largest absolute Gasteiger partial charge is 0.461 e. The molecule has 1 saturated heterocycles. The predicted octanol–water partition coefficient (Wildman–Crippen LogP) is -0.0222. The molecule has 148 valence electrons. The van der Waals surface area contributed by atoms with Gasteiger partial charge < -0.3 is 20.1 Å². The molecule has 2 N–H and O–H groups in total. The number of hydrogen-bond acceptors (Lipinski definition) is 9. The zero-order valence-corrected chi connectivity index (χ0v) is 16.6. The van der Waals surface area contributed by atoms with Crippen molar-refractivity contribution in [2.75, 3.05) is 25.4 Å². The lowest BCUT2D eigenvalue weighted by Crippen LogP contribution is -2.71. The minimum atomic E-state index is -0.704. The summed E-state index contributed by atoms with van der Waals surface area (Å²) in [5, 5.41) is 5.94. The summed E-state index contributed by atoms with van der Waals surface area (Å²) in [6.07, 6.45) is 0. The molecule has 3 heterocycles. The fourth-order valence-electron chi connectivity index (χ4n) is 2.94. The van der Waals surface area contributed by atoms with E-state index in [0.717, 1.165) is 6.54 Å². The van der Waals surface area contributed by atoms with Gasteiger partial charge in [0.25, 0.3) is 5.91 Å². The van der Waals surface area contributed by atoms with Crippen LogP contribution in [0, 0.1) is 0 Å². The van der Waals surface area contributed by atoms with Crippen LogP contribution >= 0.6 is 11.8 Å². The second-order valence-corrected chi connectivity index (χ2v) is 8.53. The first kappa shape index (κ1) is 19.5. The van der Waals surface area contributed by atoms with Crippen molar-refractivity contribution in [1.82, 2.24) is 15.5 Å². The van der Waals surface area contributed by atoms with Crippen molar-refractivity contribution in [1.29, 1.82) is 0 Å². The summed E-state index contributed by atoms with van der Waals surface area (Å²) < 4.78 is 10.6. The lowest BCUT2D eigenvalue weighted by molar-refractivity contribution is -0.158. The summed E-state index contributed by atoms with van der Waals surface area (Å²) in [4.78, 5) is 42.4. The van der Waals surface area contributed by atoms with Crippen molar-refractivity contribution in [2.24, 2.45) is 4.99 Å². The summed E-state index contributed by atoms with van der Waals surface area (Å²) in [6.45, 7) is 7.95. The molecule has 0 saturated carbocycles. The Labute approximate surface area is 161 Å². The molecule has 0 aliphatic carbocycles. The van der Waals surface area contributed by atoms with E-state index in [9.17, 15) is 14.4 Å². The minimum absolute atomic E-state index is 0.0419. The Morgan fingerprint density at radius 1 is 1.41 bits per heavy atom. The van der Waals surface area contributed by atoms with Crippen LogP contribution in [0.2, 0.25) is 0 Å². The van der Waals surface area contributed by atoms with E-state index < -0.39 is 23.6 Å². The minimum Gasteiger partial charge on any atom is -0.461 e. The number of carbonyl (C=O) groups is 3. The maximum absolute atomic E-state index is 12.8. The van der Waals surface area contributed by atoms with Gasteiger partial charge in [-0.05, 0) is 20.8 Å². The van der Waals surface area contributed by atoms with E-state index in [1.807, 2.05) is 0 Å². The first-order valence-electron chi connectivity index (χ1n) is 8.75. The number of carbonyl (C=O) groups excluding carboxylic acids is 3. The van der Waals surface area contributed by atoms with Gasteiger partial charge in [-0.2, -0.15) is 0 Å². The van der Waals surface area contributed by atoms with E-state index in [1.165, 1.54) is 23.6 Å². The Kier molecular flexibility index (Phi) is 5.36. The highest BCUT2D eigenvalue weighted by molar-refractivity contribution is 8.00. The van der Waals surface area contributed by atoms with E-state index in [4.69, 9.17) is 9.47 Å². The molecule has 1 amide bonds. The van der Waals surface area contributed by atoms with Crippen LogP contribution in [0.3, 0.4) is 0 Å². The average Bonchev–Trinajstić information content (AvgIpc) is 3.08. The van der Waals surface area contributed by atoms with Gasteiger partial charge in [-0.25, -0.2) is 4.79 Å². The molecule has 10 heteroatoms. The van der Waals surface area contributed by atoms with E-state index in [-0.39, 0.29) is 23.6 Å². The monoisotopic (exact) mass is 396 g/mol. The van der Waals surface area contributed by atoms with E-state index in [2.05, 4.69) is 15.6 Å². The number of guanidine groups is 1. The molecule has 0 radical (unpaired) electrons. The number of fused-ring (bicyclic) bond motifs is 1. The van der Waals surface area contributed by atoms with Crippen molar-refractivity contribution < 1.29 is 23.9 Å². The summed E-state index contributed by atoms with van der Waals surface area (Å²) in [6, 6.07) is -0.466. The zero-order valence-electron chi connectivity index (χ0n) is 15.8. The third-order valence-corrected chi connectivity index (χ3v) is 5.40. The van der Waals surface area contributed by atoms with Gasteiger partial charge in [0.1, 0.15) is 29.3 Å². The van der Waals surface area contributed by atoms with E-state index in [0.29, 0.717) is 23.8 Å². The molecule has 1 fully saturated rings. The number of aliphatic imine (C=N–C) groups is 1. The number of amides is 1. The van der Waals surface area contributed by atoms with Crippen LogP contribution in [-0.4, -0.2) is 71.2 Å². The standard InChI is InChI=1S/C17H24N4O5S/c1-9(22)25-7-10-8-27-14-11(20-16-18-5-6-19-16)13(23)21(14)12(10)15(24)26-17(2,3)4/h11,14H,5-8H2,1-4H3,(H2,18,19,20)/t11?,14-/m0/s1. The second kappa shape index (κ2) is 7.41. The summed E-state index contributed by atoms with van der Waals surface area (Å²) in [7, 11) is 0. The Balaban J connectivity index is 1.82. The number of nitrogens with one attached hydrogen (secondary N) is 2. The lowest BCUT2D eigenvalue weighted by Gasteiger charge is -2.50. The molecule has 3 rings (SSSR count). The molecule has 3 aliphatic rings. The average molecular weight is 396 g/mol. The smallest absolute Gasteiger partial charge is 0.355 e. The molecule has 0 bridgehead atoms. The third-order valence-electron chi connectivity index (χ3n) is 4.06. The summed E-state index contributed by atoms with van der Waals surface area (Å²) in [5.74, 6) is -0.197. The van der Waals surface area contributed by atoms with Crippen LogP contribution in [0.15, 0.2) is 16.3 Å². The van der Waals surface area contributed by atoms with E-state index >= 15 is 0 Å². The van der Waals surface area contributed by atoms with Gasteiger partial charge >= 0.3 is 11.9 Å². The highest BCUT2D eigenvalue weighted by Gasteiger charge is 2.54. The first-order chi connectivity index (χ1) is 12.7. The number of ether oxygens (including phenoxy) is 2. The fraction of sp³-hybridized carbons (Fsp3) is 0.647. The van der Waals surface area contributed by atoms with Gasteiger partial charge in [0.2, 0.25) is 0 Å². The number of β-lactam (4-membered cyclic amide) rings is 1. The highest BCUT2D eigenvalue weighted by atomic mass is 32.2. The molecule has 9 nitrogen and oxygen atoms in total. The molecule has 1 unspecified atom stereocenters. The van der Waals surface area contributed by atoms with Crippen molar-refractivity contribution in [2.45, 2.75) is 44.7 Å². The second-order valence-electron chi connectivity index (χ2n) is 7.42. The zero-order chi connectivity index (χ0) is 19.8. The maximum atomic E-state index is 12.8. The van der Waals surface area contributed by atoms with Crippen molar-refractivity contribution >= 4 is 35.6 Å². The summed E-state index contributed by atoms with van der Waals surface area (Å²) >= 11 is 1.51. The molecule has 0 spiro atoms. The molecular formula is C17H24N4O5S. The Morgan fingerprint density at radius 2 is 2.15 bits per heavy atom. The topological polar surface area (TPSA) is 109 Å². The highest BCUT2D eigenvalue weighted by Crippen LogP contribution is 2.41. The van der Waals surface area contributed by atoms with Gasteiger partial charge in [0, 0.05) is 24.8 Å². The van der Waals surface area contributed by atoms with Crippen LogP contribution in [0.25, 0.3) is 0 Å². The van der Waals surface area contributed by atoms with Crippen LogP contribution < -0.4 is 10.6 Å². The van der Waals surface area contributed by atoms with Gasteiger partial charge in [0.05, 0.1) is 6.54 Å². The fourth-order valence-corrected chi connectivity index (χ4v) is 4.27. The van der Waals surface area contributed by atoms with Crippen LogP contribution in [0.4, 0.5) is 0 Å². The number of hydrogen-bond donors (Lipinski definition) is 2. The van der Waals surface area contributed by atoms with E-state index in [1.54, 1.807) is 20.8 Å². The summed E-state index contributed by atoms with van der Waals surface area (Å²) in [5.41, 5.74) is 0.0493. The maximum Gasteiger partial charge on any atom is 0.355 e. The Bertz CT molecular complexity index is 727. The number of thioether (sulfide) groups is 1. The molecule has 0 aromatic heterocycles. The Hall–Kier alpha value is -2.23. The van der Waals surface area contributed by atoms with Crippen LogP contribution in [0.1, 0.15) is 27.7 Å². The first-order valence-corrected chi connectivity index (χ1v) is 9.80. The number of rotatable bonds is 4. The van der Waals surface area contributed by atoms with Gasteiger partial charge in [-0.1, -0.05) is 0 Å².